The maximum absolute atomic E-state index is 11.3. The average molecular weight is 245 g/mol. The van der Waals surface area contributed by atoms with Crippen molar-refractivity contribution in [1.29, 1.82) is 0 Å². The Kier molecular flexibility index (Phi) is 7.96. The topological polar surface area (TPSA) is 29.5 Å². The molecule has 4 nitrogen and oxygen atoms in total. The van der Waals surface area contributed by atoms with Gasteiger partial charge in [-0.2, -0.15) is 0 Å². The molecule has 0 fully saturated rings. The van der Waals surface area contributed by atoms with Crippen molar-refractivity contribution in [2.75, 3.05) is 46.9 Å². The van der Waals surface area contributed by atoms with E-state index in [0.717, 1.165) is 17.6 Å². The van der Waals surface area contributed by atoms with Crippen molar-refractivity contribution in [3.63, 3.8) is 0 Å². The summed E-state index contributed by atoms with van der Waals surface area (Å²) in [5.41, 5.74) is 0. The molecule has 17 heavy (non-hydrogen) atoms. The summed E-state index contributed by atoms with van der Waals surface area (Å²) < 4.78 is 6.29. The predicted octanol–water partition coefficient (Wildman–Crippen LogP) is 2.34. The van der Waals surface area contributed by atoms with Gasteiger partial charge in [-0.05, 0) is 19.8 Å². The Morgan fingerprint density at radius 3 is 1.94 bits per heavy atom. The summed E-state index contributed by atoms with van der Waals surface area (Å²) in [6, 6.07) is 0. The minimum atomic E-state index is -0.243. The smallest absolute Gasteiger partial charge is 0.409 e. The molecule has 0 saturated carbocycles. The SMILES string of the molecule is CCC[N+](CC)(CCC)CCOC(=O)N(C)C. The highest BCUT2D eigenvalue weighted by Gasteiger charge is 2.23. The van der Waals surface area contributed by atoms with Crippen LogP contribution in [-0.4, -0.2) is 62.4 Å². The van der Waals surface area contributed by atoms with Gasteiger partial charge in [-0.25, -0.2) is 4.79 Å². The first-order valence-corrected chi connectivity index (χ1v) is 6.70. The highest BCUT2D eigenvalue weighted by molar-refractivity contribution is 5.66. The first-order valence-electron chi connectivity index (χ1n) is 6.70. The maximum atomic E-state index is 11.3. The lowest BCUT2D eigenvalue weighted by atomic mass is 10.2. The van der Waals surface area contributed by atoms with Gasteiger partial charge in [-0.15, -0.1) is 0 Å². The molecule has 0 N–H and O–H groups in total. The van der Waals surface area contributed by atoms with Gasteiger partial charge < -0.3 is 14.1 Å². The van der Waals surface area contributed by atoms with Crippen LogP contribution in [0.3, 0.4) is 0 Å². The number of nitrogens with zero attached hydrogens (tertiary/aromatic N) is 2. The number of likely N-dealkylation sites (N-methyl/N-ethyl adjacent to an activating group) is 1. The second kappa shape index (κ2) is 8.34. The molecule has 0 unspecified atom stereocenters. The van der Waals surface area contributed by atoms with Crippen molar-refractivity contribution < 1.29 is 14.0 Å². The number of amides is 1. The Morgan fingerprint density at radius 1 is 1.06 bits per heavy atom. The number of carbonyl (C=O) groups excluding carboxylic acids is 1. The molecule has 0 saturated heterocycles. The molecule has 0 radical (unpaired) electrons. The molecule has 0 aromatic heterocycles. The molecule has 1 amide bonds. The highest BCUT2D eigenvalue weighted by atomic mass is 16.6. The van der Waals surface area contributed by atoms with Gasteiger partial charge in [0.2, 0.25) is 0 Å². The van der Waals surface area contributed by atoms with Gasteiger partial charge in [-0.3, -0.25) is 0 Å². The summed E-state index contributed by atoms with van der Waals surface area (Å²) in [6.45, 7) is 11.5. The van der Waals surface area contributed by atoms with Crippen LogP contribution in [0.25, 0.3) is 0 Å². The number of quaternary nitrogens is 1. The van der Waals surface area contributed by atoms with Crippen LogP contribution in [0, 0.1) is 0 Å². The fraction of sp³-hybridized carbons (Fsp3) is 0.923. The Hall–Kier alpha value is -0.770. The van der Waals surface area contributed by atoms with Gasteiger partial charge in [0.1, 0.15) is 13.2 Å². The molecule has 0 spiro atoms. The zero-order valence-electron chi connectivity index (χ0n) is 12.2. The van der Waals surface area contributed by atoms with Crippen LogP contribution in [-0.2, 0) is 4.74 Å². The van der Waals surface area contributed by atoms with Crippen LogP contribution in [0.15, 0.2) is 0 Å². The van der Waals surface area contributed by atoms with Gasteiger partial charge in [0.25, 0.3) is 0 Å². The zero-order chi connectivity index (χ0) is 13.3. The van der Waals surface area contributed by atoms with Crippen molar-refractivity contribution in [1.82, 2.24) is 4.90 Å². The molecule has 0 heterocycles. The van der Waals surface area contributed by atoms with Crippen LogP contribution in [0.5, 0.6) is 0 Å². The molecular weight excluding hydrogens is 216 g/mol. The van der Waals surface area contributed by atoms with E-state index in [2.05, 4.69) is 20.8 Å². The summed E-state index contributed by atoms with van der Waals surface area (Å²) in [4.78, 5) is 12.8. The lowest BCUT2D eigenvalue weighted by Crippen LogP contribution is -2.51. The van der Waals surface area contributed by atoms with Gasteiger partial charge in [0.05, 0.1) is 19.6 Å². The van der Waals surface area contributed by atoms with Crippen LogP contribution < -0.4 is 0 Å². The minimum Gasteiger partial charge on any atom is -0.443 e. The average Bonchev–Trinajstić information content (AvgIpc) is 2.29. The van der Waals surface area contributed by atoms with Gasteiger partial charge in [0, 0.05) is 14.1 Å². The largest absolute Gasteiger partial charge is 0.443 e. The molecule has 0 atom stereocenters. The van der Waals surface area contributed by atoms with E-state index < -0.39 is 0 Å². The third kappa shape index (κ3) is 5.91. The predicted molar refractivity (Wildman–Crippen MR) is 71.0 cm³/mol. The molecule has 0 aliphatic rings. The van der Waals surface area contributed by atoms with Crippen LogP contribution in [0.1, 0.15) is 33.6 Å². The number of hydrogen-bond acceptors (Lipinski definition) is 2. The fourth-order valence-electron chi connectivity index (χ4n) is 2.21. The minimum absolute atomic E-state index is 0.243. The summed E-state index contributed by atoms with van der Waals surface area (Å²) in [6.07, 6.45) is 2.11. The molecule has 0 rings (SSSR count). The third-order valence-electron chi connectivity index (χ3n) is 3.22. The van der Waals surface area contributed by atoms with Crippen molar-refractivity contribution >= 4 is 6.09 Å². The summed E-state index contributed by atoms with van der Waals surface area (Å²) in [7, 11) is 3.42. The van der Waals surface area contributed by atoms with Gasteiger partial charge in [-0.1, -0.05) is 13.8 Å². The highest BCUT2D eigenvalue weighted by Crippen LogP contribution is 2.09. The van der Waals surface area contributed by atoms with E-state index in [1.807, 2.05) is 0 Å². The van der Waals surface area contributed by atoms with E-state index in [1.165, 1.54) is 30.8 Å². The standard InChI is InChI=1S/C13H29N2O2/c1-6-9-15(8-3,10-7-2)11-12-17-13(16)14(4)5/h6-12H2,1-5H3/q+1. The van der Waals surface area contributed by atoms with Crippen molar-refractivity contribution in [3.05, 3.63) is 0 Å². The van der Waals surface area contributed by atoms with Crippen LogP contribution in [0.4, 0.5) is 4.79 Å². The Morgan fingerprint density at radius 2 is 1.59 bits per heavy atom. The van der Waals surface area contributed by atoms with Crippen LogP contribution in [0.2, 0.25) is 0 Å². The van der Waals surface area contributed by atoms with E-state index in [4.69, 9.17) is 4.74 Å². The Bertz CT molecular complexity index is 211. The van der Waals surface area contributed by atoms with E-state index in [1.54, 1.807) is 14.1 Å². The first kappa shape index (κ1) is 16.2. The van der Waals surface area contributed by atoms with Gasteiger partial charge in [0.15, 0.2) is 0 Å². The summed E-state index contributed by atoms with van der Waals surface area (Å²) in [5, 5.41) is 0. The lowest BCUT2D eigenvalue weighted by Gasteiger charge is -2.37. The van der Waals surface area contributed by atoms with Crippen molar-refractivity contribution in [2.45, 2.75) is 33.6 Å². The van der Waals surface area contributed by atoms with E-state index in [-0.39, 0.29) is 6.09 Å². The number of carbonyl (C=O) groups is 1. The second-order valence-corrected chi connectivity index (χ2v) is 4.84. The van der Waals surface area contributed by atoms with E-state index in [9.17, 15) is 4.79 Å². The molecule has 0 aromatic rings. The van der Waals surface area contributed by atoms with Crippen LogP contribution >= 0.6 is 0 Å². The number of rotatable bonds is 8. The molecule has 0 aliphatic heterocycles. The van der Waals surface area contributed by atoms with E-state index >= 15 is 0 Å². The molecule has 4 heteroatoms. The molecule has 102 valence electrons. The zero-order valence-corrected chi connectivity index (χ0v) is 12.2. The Balaban J connectivity index is 4.19. The summed E-state index contributed by atoms with van der Waals surface area (Å²) >= 11 is 0. The van der Waals surface area contributed by atoms with Crippen molar-refractivity contribution in [2.24, 2.45) is 0 Å². The van der Waals surface area contributed by atoms with Gasteiger partial charge >= 0.3 is 6.09 Å². The molecule has 0 bridgehead atoms. The second-order valence-electron chi connectivity index (χ2n) is 4.84. The third-order valence-corrected chi connectivity index (χ3v) is 3.22. The number of hydrogen-bond donors (Lipinski definition) is 0. The maximum Gasteiger partial charge on any atom is 0.409 e. The quantitative estimate of drug-likeness (QED) is 0.614. The van der Waals surface area contributed by atoms with Crippen molar-refractivity contribution in [3.8, 4) is 0 Å². The molecule has 0 aliphatic carbocycles. The monoisotopic (exact) mass is 245 g/mol. The first-order chi connectivity index (χ1) is 8.01. The number of ether oxygens (including phenoxy) is 1. The molecule has 0 aromatic carbocycles. The lowest BCUT2D eigenvalue weighted by molar-refractivity contribution is -0.926. The summed E-state index contributed by atoms with van der Waals surface area (Å²) in [5.74, 6) is 0. The van der Waals surface area contributed by atoms with E-state index in [0.29, 0.717) is 6.61 Å². The Labute approximate surface area is 106 Å². The normalized spacial score (nSPS) is 11.4. The molecular formula is C13H29N2O2+. The fourth-order valence-corrected chi connectivity index (χ4v) is 2.21.